The summed E-state index contributed by atoms with van der Waals surface area (Å²) in [5.74, 6) is 0.812. The van der Waals surface area contributed by atoms with Crippen LogP contribution in [0.3, 0.4) is 0 Å². The lowest BCUT2D eigenvalue weighted by Gasteiger charge is -2.12. The Morgan fingerprint density at radius 1 is 0.964 bits per heavy atom. The van der Waals surface area contributed by atoms with E-state index in [4.69, 9.17) is 4.98 Å². The molecule has 1 N–H and O–H groups in total. The Morgan fingerprint density at radius 2 is 1.71 bits per heavy atom. The van der Waals surface area contributed by atoms with Crippen LogP contribution in [0.25, 0.3) is 23.1 Å². The molecule has 0 unspecified atom stereocenters. The average Bonchev–Trinajstić information content (AvgIpc) is 2.71. The molecule has 0 spiro atoms. The minimum Gasteiger partial charge on any atom is -0.508 e. The molecule has 0 aliphatic heterocycles. The molecule has 0 saturated heterocycles. The number of hydrogen-bond acceptors (Lipinski definition) is 3. The quantitative estimate of drug-likeness (QED) is 0.422. The van der Waals surface area contributed by atoms with Gasteiger partial charge in [0, 0.05) is 3.57 Å². The van der Waals surface area contributed by atoms with E-state index in [2.05, 4.69) is 22.6 Å². The van der Waals surface area contributed by atoms with Crippen molar-refractivity contribution in [1.82, 2.24) is 9.55 Å². The van der Waals surface area contributed by atoms with Crippen molar-refractivity contribution in [3.8, 4) is 5.75 Å². The van der Waals surface area contributed by atoms with Gasteiger partial charge in [0.2, 0.25) is 0 Å². The molecular formula is C23H17IN2O2. The second-order valence-electron chi connectivity index (χ2n) is 6.43. The van der Waals surface area contributed by atoms with Crippen LogP contribution in [0.2, 0.25) is 0 Å². The molecule has 0 radical (unpaired) electrons. The van der Waals surface area contributed by atoms with Crippen molar-refractivity contribution in [2.45, 2.75) is 6.54 Å². The zero-order chi connectivity index (χ0) is 19.5. The maximum absolute atomic E-state index is 13.2. The van der Waals surface area contributed by atoms with Crippen LogP contribution in [0.1, 0.15) is 17.0 Å². The van der Waals surface area contributed by atoms with Crippen molar-refractivity contribution in [1.29, 1.82) is 0 Å². The zero-order valence-electron chi connectivity index (χ0n) is 14.9. The molecule has 4 nitrogen and oxygen atoms in total. The number of aromatic nitrogens is 2. The van der Waals surface area contributed by atoms with Gasteiger partial charge in [-0.1, -0.05) is 48.5 Å². The Labute approximate surface area is 175 Å². The predicted octanol–water partition coefficient (Wildman–Crippen LogP) is 4.93. The van der Waals surface area contributed by atoms with Gasteiger partial charge in [0.1, 0.15) is 11.6 Å². The smallest absolute Gasteiger partial charge is 0.261 e. The number of phenolic OH excluding ortho intramolecular Hbond substituents is 1. The molecule has 0 atom stereocenters. The summed E-state index contributed by atoms with van der Waals surface area (Å²) in [5.41, 5.74) is 2.58. The summed E-state index contributed by atoms with van der Waals surface area (Å²) in [5, 5.41) is 10.1. The molecule has 0 fully saturated rings. The fourth-order valence-electron chi connectivity index (χ4n) is 3.01. The van der Waals surface area contributed by atoms with Crippen LogP contribution in [-0.2, 0) is 6.54 Å². The van der Waals surface area contributed by atoms with E-state index in [0.717, 1.165) is 14.7 Å². The highest BCUT2D eigenvalue weighted by Gasteiger charge is 2.10. The van der Waals surface area contributed by atoms with Crippen molar-refractivity contribution in [2.24, 2.45) is 0 Å². The second-order valence-corrected chi connectivity index (χ2v) is 7.68. The molecule has 0 aliphatic rings. The topological polar surface area (TPSA) is 55.1 Å². The Bertz CT molecular complexity index is 1210. The summed E-state index contributed by atoms with van der Waals surface area (Å²) in [4.78, 5) is 17.9. The van der Waals surface area contributed by atoms with E-state index in [9.17, 15) is 9.90 Å². The summed E-state index contributed by atoms with van der Waals surface area (Å²) >= 11 is 2.21. The first-order valence-electron chi connectivity index (χ1n) is 8.81. The lowest BCUT2D eigenvalue weighted by Crippen LogP contribution is -2.24. The Kier molecular flexibility index (Phi) is 5.25. The third-order valence-corrected chi connectivity index (χ3v) is 5.12. The molecule has 28 heavy (non-hydrogen) atoms. The molecule has 0 bridgehead atoms. The highest BCUT2D eigenvalue weighted by molar-refractivity contribution is 14.1. The van der Waals surface area contributed by atoms with Gasteiger partial charge >= 0.3 is 0 Å². The predicted molar refractivity (Wildman–Crippen MR) is 121 cm³/mol. The van der Waals surface area contributed by atoms with E-state index in [1.807, 2.05) is 72.8 Å². The number of nitrogens with zero attached hydrogens (tertiary/aromatic N) is 2. The lowest BCUT2D eigenvalue weighted by molar-refractivity contribution is 0.475. The number of rotatable bonds is 4. The monoisotopic (exact) mass is 480 g/mol. The number of hydrogen-bond donors (Lipinski definition) is 1. The van der Waals surface area contributed by atoms with E-state index in [1.165, 1.54) is 0 Å². The first-order valence-corrected chi connectivity index (χ1v) is 9.89. The molecule has 3 aromatic carbocycles. The fourth-order valence-corrected chi connectivity index (χ4v) is 3.50. The Hall–Kier alpha value is -2.93. The van der Waals surface area contributed by atoms with E-state index in [-0.39, 0.29) is 11.3 Å². The number of halogens is 1. The number of aromatic hydroxyl groups is 1. The standard InChI is InChI=1S/C23H17IN2O2/c24-18-9-12-21-20(14-18)23(28)26(15-17-4-2-1-3-5-17)22(25-21)13-8-16-6-10-19(27)11-7-16/h1-14,27H,15H2/b13-8+. The van der Waals surface area contributed by atoms with Crippen LogP contribution >= 0.6 is 22.6 Å². The van der Waals surface area contributed by atoms with E-state index in [0.29, 0.717) is 23.3 Å². The van der Waals surface area contributed by atoms with Crippen molar-refractivity contribution in [3.63, 3.8) is 0 Å². The number of fused-ring (bicyclic) bond motifs is 1. The summed E-state index contributed by atoms with van der Waals surface area (Å²) in [7, 11) is 0. The molecule has 0 aliphatic carbocycles. The molecule has 0 amide bonds. The molecule has 4 rings (SSSR count). The maximum atomic E-state index is 13.2. The first-order chi connectivity index (χ1) is 13.6. The van der Waals surface area contributed by atoms with Gasteiger partial charge in [0.05, 0.1) is 17.4 Å². The van der Waals surface area contributed by atoms with Gasteiger partial charge in [0.25, 0.3) is 5.56 Å². The minimum atomic E-state index is -0.0577. The molecule has 4 aromatic rings. The van der Waals surface area contributed by atoms with Crippen LogP contribution in [0.15, 0.2) is 77.6 Å². The summed E-state index contributed by atoms with van der Waals surface area (Å²) in [6.07, 6.45) is 3.73. The fraction of sp³-hybridized carbons (Fsp3) is 0.0435. The van der Waals surface area contributed by atoms with E-state index < -0.39 is 0 Å². The normalized spacial score (nSPS) is 11.3. The van der Waals surface area contributed by atoms with E-state index in [1.54, 1.807) is 16.7 Å². The van der Waals surface area contributed by atoms with Gasteiger partial charge in [-0.2, -0.15) is 0 Å². The largest absolute Gasteiger partial charge is 0.508 e. The van der Waals surface area contributed by atoms with Crippen molar-refractivity contribution in [2.75, 3.05) is 0 Å². The highest BCUT2D eigenvalue weighted by Crippen LogP contribution is 2.16. The van der Waals surface area contributed by atoms with Crippen LogP contribution in [0.5, 0.6) is 5.75 Å². The van der Waals surface area contributed by atoms with Crippen LogP contribution in [0, 0.1) is 3.57 Å². The number of phenols is 1. The third kappa shape index (κ3) is 3.99. The third-order valence-electron chi connectivity index (χ3n) is 4.45. The summed E-state index contributed by atoms with van der Waals surface area (Å²) in [6.45, 7) is 0.448. The molecule has 5 heteroatoms. The Balaban J connectivity index is 1.85. The molecule has 138 valence electrons. The van der Waals surface area contributed by atoms with E-state index >= 15 is 0 Å². The van der Waals surface area contributed by atoms with Crippen LogP contribution in [-0.4, -0.2) is 14.7 Å². The first kappa shape index (κ1) is 18.4. The summed E-state index contributed by atoms with van der Waals surface area (Å²) in [6, 6.07) is 22.5. The van der Waals surface area contributed by atoms with Gasteiger partial charge in [0.15, 0.2) is 0 Å². The van der Waals surface area contributed by atoms with Gasteiger partial charge in [-0.25, -0.2) is 4.98 Å². The maximum Gasteiger partial charge on any atom is 0.261 e. The van der Waals surface area contributed by atoms with Gasteiger partial charge in [-0.05, 0) is 70.1 Å². The summed E-state index contributed by atoms with van der Waals surface area (Å²) < 4.78 is 2.70. The van der Waals surface area contributed by atoms with Gasteiger partial charge in [-0.15, -0.1) is 0 Å². The van der Waals surface area contributed by atoms with Crippen molar-refractivity contribution >= 4 is 45.6 Å². The molecular weight excluding hydrogens is 463 g/mol. The molecule has 0 saturated carbocycles. The second kappa shape index (κ2) is 7.98. The number of benzene rings is 3. The SMILES string of the molecule is O=c1c2cc(I)ccc2nc(/C=C/c2ccc(O)cc2)n1Cc1ccccc1. The molecule has 1 aromatic heterocycles. The minimum absolute atomic E-state index is 0.0577. The lowest BCUT2D eigenvalue weighted by atomic mass is 10.2. The van der Waals surface area contributed by atoms with Gasteiger partial charge in [-0.3, -0.25) is 9.36 Å². The Morgan fingerprint density at radius 3 is 2.46 bits per heavy atom. The zero-order valence-corrected chi connectivity index (χ0v) is 17.1. The van der Waals surface area contributed by atoms with Crippen molar-refractivity contribution < 1.29 is 5.11 Å². The van der Waals surface area contributed by atoms with Gasteiger partial charge < -0.3 is 5.11 Å². The average molecular weight is 480 g/mol. The van der Waals surface area contributed by atoms with Crippen molar-refractivity contribution in [3.05, 3.63) is 104 Å². The van der Waals surface area contributed by atoms with Crippen LogP contribution in [0.4, 0.5) is 0 Å². The van der Waals surface area contributed by atoms with Crippen LogP contribution < -0.4 is 5.56 Å². The molecule has 1 heterocycles. The highest BCUT2D eigenvalue weighted by atomic mass is 127.